The molecule has 0 heterocycles. The summed E-state index contributed by atoms with van der Waals surface area (Å²) in [6.07, 6.45) is 43.7. The summed E-state index contributed by atoms with van der Waals surface area (Å²) in [5, 5.41) is 19.7. The van der Waals surface area contributed by atoms with Crippen molar-refractivity contribution in [2.45, 2.75) is 232 Å². The number of hydrogen-bond acceptors (Lipinski definition) is 2. The molecule has 48 heavy (non-hydrogen) atoms. The van der Waals surface area contributed by atoms with Crippen LogP contribution in [0.2, 0.25) is 0 Å². The quantitative estimate of drug-likeness (QED) is 0.0697. The molecule has 0 spiro atoms. The van der Waals surface area contributed by atoms with E-state index in [4.69, 9.17) is 0 Å². The highest BCUT2D eigenvalue weighted by Gasteiger charge is 2.22. The molecule has 1 aromatic carbocycles. The Balaban J connectivity index is 2.26. The molecule has 0 aromatic heterocycles. The maximum atomic E-state index is 12.2. The molecule has 0 fully saturated rings. The van der Waals surface area contributed by atoms with E-state index in [1.54, 1.807) is 0 Å². The minimum atomic E-state index is -1.14. The number of unbranched alkanes of at least 4 members (excludes halogenated alkanes) is 30. The first-order valence-corrected chi connectivity index (χ1v) is 21.1. The van der Waals surface area contributed by atoms with Crippen molar-refractivity contribution >= 4 is 11.9 Å². The number of carbonyl (C=O) groups is 2. The van der Waals surface area contributed by atoms with Crippen molar-refractivity contribution in [3.05, 3.63) is 34.4 Å². The molecule has 0 saturated heterocycles. The molecule has 4 nitrogen and oxygen atoms in total. The van der Waals surface area contributed by atoms with Gasteiger partial charge in [0.1, 0.15) is 0 Å². The molecular formula is C44H78O4. The third-order valence-corrected chi connectivity index (χ3v) is 10.4. The second kappa shape index (κ2) is 32.4. The monoisotopic (exact) mass is 671 g/mol. The van der Waals surface area contributed by atoms with Gasteiger partial charge in [0, 0.05) is 0 Å². The fourth-order valence-electron chi connectivity index (χ4n) is 7.35. The minimum absolute atomic E-state index is 0.0254. The van der Waals surface area contributed by atoms with Gasteiger partial charge in [-0.3, -0.25) is 0 Å². The van der Waals surface area contributed by atoms with Crippen LogP contribution in [-0.2, 0) is 12.8 Å². The van der Waals surface area contributed by atoms with E-state index in [0.29, 0.717) is 6.42 Å². The second-order valence-electron chi connectivity index (χ2n) is 14.8. The lowest BCUT2D eigenvalue weighted by Gasteiger charge is -2.15. The van der Waals surface area contributed by atoms with Crippen molar-refractivity contribution < 1.29 is 19.8 Å². The van der Waals surface area contributed by atoms with Crippen LogP contribution in [0.5, 0.6) is 0 Å². The highest BCUT2D eigenvalue weighted by molar-refractivity contribution is 6.03. The zero-order chi connectivity index (χ0) is 34.9. The van der Waals surface area contributed by atoms with Gasteiger partial charge in [0.05, 0.1) is 11.1 Å². The molecule has 4 heteroatoms. The maximum absolute atomic E-state index is 12.2. The zero-order valence-electron chi connectivity index (χ0n) is 31.9. The van der Waals surface area contributed by atoms with Gasteiger partial charge in [0.15, 0.2) is 0 Å². The van der Waals surface area contributed by atoms with E-state index in [-0.39, 0.29) is 11.1 Å². The summed E-state index contributed by atoms with van der Waals surface area (Å²) in [7, 11) is 0. The number of carboxylic acid groups (broad SMARTS) is 2. The fourth-order valence-corrected chi connectivity index (χ4v) is 7.35. The fraction of sp³-hybridized carbons (Fsp3) is 0.818. The van der Waals surface area contributed by atoms with E-state index in [2.05, 4.69) is 13.8 Å². The number of carboxylic acids is 2. The Bertz CT molecular complexity index is 907. The van der Waals surface area contributed by atoms with Crippen LogP contribution in [0, 0.1) is 0 Å². The van der Waals surface area contributed by atoms with Crippen molar-refractivity contribution in [2.75, 3.05) is 0 Å². The smallest absolute Gasteiger partial charge is 0.336 e. The third kappa shape index (κ3) is 23.5. The number of benzene rings is 1. The highest BCUT2D eigenvalue weighted by Crippen LogP contribution is 2.25. The van der Waals surface area contributed by atoms with Crippen LogP contribution >= 0.6 is 0 Å². The molecule has 1 rings (SSSR count). The Morgan fingerprint density at radius 2 is 0.688 bits per heavy atom. The predicted octanol–water partition coefficient (Wildman–Crippen LogP) is 14.7. The van der Waals surface area contributed by atoms with Crippen LogP contribution in [0.1, 0.15) is 251 Å². The van der Waals surface area contributed by atoms with Crippen LogP contribution in [-0.4, -0.2) is 22.2 Å². The molecule has 0 saturated carbocycles. The molecular weight excluding hydrogens is 592 g/mol. The van der Waals surface area contributed by atoms with Crippen LogP contribution in [0.25, 0.3) is 0 Å². The largest absolute Gasteiger partial charge is 0.478 e. The van der Waals surface area contributed by atoms with Gasteiger partial charge in [-0.2, -0.15) is 0 Å². The van der Waals surface area contributed by atoms with Crippen LogP contribution in [0.15, 0.2) is 12.1 Å². The molecule has 0 aliphatic heterocycles. The van der Waals surface area contributed by atoms with Crippen LogP contribution in [0.3, 0.4) is 0 Å². The highest BCUT2D eigenvalue weighted by atomic mass is 16.4. The van der Waals surface area contributed by atoms with E-state index >= 15 is 0 Å². The summed E-state index contributed by atoms with van der Waals surface area (Å²) in [6, 6.07) is 3.41. The first kappa shape index (κ1) is 44.2. The van der Waals surface area contributed by atoms with Gasteiger partial charge in [-0.25, -0.2) is 9.59 Å². The molecule has 2 N–H and O–H groups in total. The standard InChI is InChI=1S/C44H78O4/c1-3-5-7-9-11-13-15-17-19-21-23-25-27-29-31-33-35-39-37-38-41(43(45)46)42(44(47)48)40(39)36-34-32-30-28-26-24-22-20-18-16-14-12-10-8-6-4-2/h37-38H,3-36H2,1-2H3,(H,45,46)(H,47,48). The molecule has 278 valence electrons. The Kier molecular flexibility index (Phi) is 29.8. The SMILES string of the molecule is CCCCCCCCCCCCCCCCCCc1ccc(C(=O)O)c(C(=O)O)c1CCCCCCCCCCCCCCCCCC. The Morgan fingerprint density at radius 1 is 0.396 bits per heavy atom. The molecule has 0 amide bonds. The number of rotatable bonds is 36. The number of hydrogen-bond donors (Lipinski definition) is 2. The van der Waals surface area contributed by atoms with Gasteiger partial charge in [-0.05, 0) is 42.9 Å². The maximum Gasteiger partial charge on any atom is 0.336 e. The lowest BCUT2D eigenvalue weighted by atomic mass is 9.89. The first-order valence-electron chi connectivity index (χ1n) is 21.1. The van der Waals surface area contributed by atoms with Crippen LogP contribution < -0.4 is 0 Å². The minimum Gasteiger partial charge on any atom is -0.478 e. The summed E-state index contributed by atoms with van der Waals surface area (Å²) >= 11 is 0. The van der Waals surface area contributed by atoms with Gasteiger partial charge in [0.2, 0.25) is 0 Å². The summed E-state index contributed by atoms with van der Waals surface area (Å²) in [5.74, 6) is -2.25. The van der Waals surface area contributed by atoms with Gasteiger partial charge in [0.25, 0.3) is 0 Å². The Morgan fingerprint density at radius 3 is 0.979 bits per heavy atom. The average molecular weight is 671 g/mol. The van der Waals surface area contributed by atoms with E-state index in [9.17, 15) is 19.8 Å². The molecule has 1 aromatic rings. The van der Waals surface area contributed by atoms with Crippen molar-refractivity contribution in [3.8, 4) is 0 Å². The summed E-state index contributed by atoms with van der Waals surface area (Å²) in [6.45, 7) is 4.55. The molecule has 0 radical (unpaired) electrons. The van der Waals surface area contributed by atoms with Crippen molar-refractivity contribution in [1.29, 1.82) is 0 Å². The first-order chi connectivity index (χ1) is 23.5. The van der Waals surface area contributed by atoms with Crippen molar-refractivity contribution in [3.63, 3.8) is 0 Å². The molecule has 0 aliphatic carbocycles. The summed E-state index contributed by atoms with van der Waals surface area (Å²) < 4.78 is 0. The van der Waals surface area contributed by atoms with E-state index < -0.39 is 11.9 Å². The van der Waals surface area contributed by atoms with Gasteiger partial charge in [-0.15, -0.1) is 0 Å². The van der Waals surface area contributed by atoms with Crippen molar-refractivity contribution in [1.82, 2.24) is 0 Å². The van der Waals surface area contributed by atoms with Crippen LogP contribution in [0.4, 0.5) is 0 Å². The molecule has 0 atom stereocenters. The number of aryl methyl sites for hydroxylation is 1. The normalized spacial score (nSPS) is 11.4. The zero-order valence-corrected chi connectivity index (χ0v) is 31.9. The lowest BCUT2D eigenvalue weighted by Crippen LogP contribution is -2.14. The predicted molar refractivity (Wildman–Crippen MR) is 207 cm³/mol. The summed E-state index contributed by atoms with van der Waals surface area (Å²) in [4.78, 5) is 24.1. The van der Waals surface area contributed by atoms with E-state index in [1.807, 2.05) is 6.07 Å². The number of aromatic carboxylic acids is 2. The van der Waals surface area contributed by atoms with Gasteiger partial charge < -0.3 is 10.2 Å². The third-order valence-electron chi connectivity index (χ3n) is 10.4. The van der Waals surface area contributed by atoms with Gasteiger partial charge >= 0.3 is 11.9 Å². The van der Waals surface area contributed by atoms with Gasteiger partial charge in [-0.1, -0.05) is 213 Å². The van der Waals surface area contributed by atoms with E-state index in [0.717, 1.165) is 43.2 Å². The topological polar surface area (TPSA) is 74.6 Å². The molecule has 0 unspecified atom stereocenters. The second-order valence-corrected chi connectivity index (χ2v) is 14.8. The molecule has 0 bridgehead atoms. The van der Waals surface area contributed by atoms with Crippen molar-refractivity contribution in [2.24, 2.45) is 0 Å². The van der Waals surface area contributed by atoms with E-state index in [1.165, 1.54) is 186 Å². The summed E-state index contributed by atoms with van der Waals surface area (Å²) in [5.41, 5.74) is 1.78. The Labute approximate surface area is 297 Å². The molecule has 0 aliphatic rings. The average Bonchev–Trinajstić information content (AvgIpc) is 3.07. The Hall–Kier alpha value is -1.84. The lowest BCUT2D eigenvalue weighted by molar-refractivity contribution is 0.0650.